The van der Waals surface area contributed by atoms with Crippen LogP contribution in [0, 0.1) is 12.8 Å². The van der Waals surface area contributed by atoms with Crippen molar-refractivity contribution >= 4 is 17.7 Å². The highest BCUT2D eigenvalue weighted by Gasteiger charge is 2.02. The van der Waals surface area contributed by atoms with Gasteiger partial charge in [-0.3, -0.25) is 0 Å². The maximum atomic E-state index is 5.78. The lowest BCUT2D eigenvalue weighted by Crippen LogP contribution is -1.99. The van der Waals surface area contributed by atoms with Crippen LogP contribution in [-0.2, 0) is 0 Å². The molecule has 0 aliphatic heterocycles. The Morgan fingerprint density at radius 1 is 0.906 bits per heavy atom. The van der Waals surface area contributed by atoms with Crippen LogP contribution in [-0.4, -0.2) is 6.61 Å². The predicted molar refractivity (Wildman–Crippen MR) is 133 cm³/mol. The molecule has 3 aromatic carbocycles. The molecule has 32 heavy (non-hydrogen) atoms. The van der Waals surface area contributed by atoms with E-state index in [2.05, 4.69) is 12.8 Å². The van der Waals surface area contributed by atoms with Crippen molar-refractivity contribution in [2.75, 3.05) is 12.3 Å². The summed E-state index contributed by atoms with van der Waals surface area (Å²) in [6, 6.07) is 22.4. The van der Waals surface area contributed by atoms with Crippen molar-refractivity contribution < 1.29 is 13.7 Å². The SMILES string of the molecule is C#C.C/C=C\C(N)=C/COc1ccc(SOc2ccc(Oc3cccc(N)c3)cc2)cc1. The van der Waals surface area contributed by atoms with E-state index in [-0.39, 0.29) is 0 Å². The Hall–Kier alpha value is -3.95. The first-order valence-electron chi connectivity index (χ1n) is 9.75. The molecule has 0 unspecified atom stereocenters. The maximum absolute atomic E-state index is 5.78. The first-order chi connectivity index (χ1) is 15.6. The minimum Gasteiger partial charge on any atom is -0.489 e. The molecule has 0 amide bonds. The van der Waals surface area contributed by atoms with Crippen molar-refractivity contribution in [3.63, 3.8) is 0 Å². The van der Waals surface area contributed by atoms with Gasteiger partial charge in [0.05, 0.1) is 12.0 Å². The van der Waals surface area contributed by atoms with E-state index in [1.165, 1.54) is 12.0 Å². The van der Waals surface area contributed by atoms with Crippen molar-refractivity contribution in [1.82, 2.24) is 0 Å². The van der Waals surface area contributed by atoms with E-state index in [1.54, 1.807) is 6.07 Å². The van der Waals surface area contributed by atoms with Crippen LogP contribution in [0.4, 0.5) is 5.69 Å². The second kappa shape index (κ2) is 13.4. The zero-order valence-corrected chi connectivity index (χ0v) is 18.6. The van der Waals surface area contributed by atoms with Crippen LogP contribution in [0.25, 0.3) is 0 Å². The van der Waals surface area contributed by atoms with Crippen molar-refractivity contribution in [3.05, 3.63) is 96.7 Å². The van der Waals surface area contributed by atoms with Crippen LogP contribution in [0.15, 0.2) is 102 Å². The molecular formula is C26H26N2O3S. The number of nitrogen functional groups attached to an aromatic ring is 1. The molecule has 6 heteroatoms. The fraction of sp³-hybridized carbons (Fsp3) is 0.0769. The number of terminal acetylenes is 1. The van der Waals surface area contributed by atoms with Gasteiger partial charge in [-0.05, 0) is 79.7 Å². The van der Waals surface area contributed by atoms with E-state index in [0.29, 0.717) is 29.5 Å². The van der Waals surface area contributed by atoms with E-state index in [1.807, 2.05) is 91.9 Å². The summed E-state index contributed by atoms with van der Waals surface area (Å²) in [6.07, 6.45) is 13.5. The van der Waals surface area contributed by atoms with E-state index >= 15 is 0 Å². The van der Waals surface area contributed by atoms with Crippen molar-refractivity contribution in [1.29, 1.82) is 0 Å². The van der Waals surface area contributed by atoms with Crippen molar-refractivity contribution in [2.45, 2.75) is 11.8 Å². The molecule has 0 aromatic heterocycles. The fourth-order valence-corrected chi connectivity index (χ4v) is 3.01. The van der Waals surface area contributed by atoms with Gasteiger partial charge in [-0.1, -0.05) is 12.1 Å². The number of benzene rings is 3. The molecule has 0 aliphatic carbocycles. The summed E-state index contributed by atoms with van der Waals surface area (Å²) in [5.41, 5.74) is 12.9. The number of nitrogens with two attached hydrogens (primary N) is 2. The molecule has 0 aliphatic rings. The van der Waals surface area contributed by atoms with Gasteiger partial charge in [0.1, 0.15) is 29.6 Å². The van der Waals surface area contributed by atoms with E-state index in [9.17, 15) is 0 Å². The molecule has 164 valence electrons. The smallest absolute Gasteiger partial charge is 0.138 e. The monoisotopic (exact) mass is 446 g/mol. The molecular weight excluding hydrogens is 420 g/mol. The number of ether oxygens (including phenoxy) is 2. The average Bonchev–Trinajstić information content (AvgIpc) is 2.81. The fourth-order valence-electron chi connectivity index (χ4n) is 2.46. The summed E-state index contributed by atoms with van der Waals surface area (Å²) < 4.78 is 17.2. The highest BCUT2D eigenvalue weighted by Crippen LogP contribution is 2.29. The van der Waals surface area contributed by atoms with Gasteiger partial charge in [-0.25, -0.2) is 0 Å². The van der Waals surface area contributed by atoms with Gasteiger partial charge < -0.3 is 25.1 Å². The second-order valence-corrected chi connectivity index (χ2v) is 7.10. The van der Waals surface area contributed by atoms with Crippen LogP contribution >= 0.6 is 12.0 Å². The van der Waals surface area contributed by atoms with Crippen LogP contribution in [0.1, 0.15) is 6.92 Å². The Labute approximate surface area is 193 Å². The Morgan fingerprint density at radius 2 is 1.56 bits per heavy atom. The van der Waals surface area contributed by atoms with Crippen LogP contribution in [0.5, 0.6) is 23.0 Å². The first-order valence-corrected chi connectivity index (χ1v) is 10.5. The molecule has 0 atom stereocenters. The van der Waals surface area contributed by atoms with Crippen LogP contribution in [0.3, 0.4) is 0 Å². The summed E-state index contributed by atoms with van der Waals surface area (Å²) >= 11 is 1.28. The third-order valence-corrected chi connectivity index (χ3v) is 4.64. The summed E-state index contributed by atoms with van der Waals surface area (Å²) in [4.78, 5) is 0.964. The van der Waals surface area contributed by atoms with Gasteiger partial charge in [-0.15, -0.1) is 12.8 Å². The average molecular weight is 447 g/mol. The molecule has 0 saturated carbocycles. The highest BCUT2D eigenvalue weighted by atomic mass is 32.2. The number of anilines is 1. The lowest BCUT2D eigenvalue weighted by Gasteiger charge is -2.08. The van der Waals surface area contributed by atoms with Gasteiger partial charge in [-0.2, -0.15) is 0 Å². The number of rotatable bonds is 9. The van der Waals surface area contributed by atoms with Gasteiger partial charge in [0, 0.05) is 22.3 Å². The van der Waals surface area contributed by atoms with Crippen LogP contribution in [0.2, 0.25) is 0 Å². The van der Waals surface area contributed by atoms with E-state index < -0.39 is 0 Å². The summed E-state index contributed by atoms with van der Waals surface area (Å²) in [5, 5.41) is 0. The Kier molecular flexibility index (Phi) is 10.2. The molecule has 0 heterocycles. The number of hydrogen-bond acceptors (Lipinski definition) is 6. The summed E-state index contributed by atoms with van der Waals surface area (Å²) in [5.74, 6) is 2.90. The first kappa shape index (κ1) is 24.3. The molecule has 5 nitrogen and oxygen atoms in total. The minimum atomic E-state index is 0.420. The molecule has 3 rings (SSSR count). The Balaban J connectivity index is 0.00000176. The quantitative estimate of drug-likeness (QED) is 0.176. The number of hydrogen-bond donors (Lipinski definition) is 2. The largest absolute Gasteiger partial charge is 0.489 e. The standard InChI is InChI=1S/C24H24N2O3S.C2H2/c1-2-4-18(25)15-16-27-20-11-13-24(14-12-20)30-29-22-9-7-21(8-10-22)28-23-6-3-5-19(26)17-23;1-2/h2-15,17H,16,25-26H2,1H3;1-2H/b4-2-,18-15+;. The van der Waals surface area contributed by atoms with Crippen molar-refractivity contribution in [3.8, 4) is 35.8 Å². The molecule has 0 spiro atoms. The van der Waals surface area contributed by atoms with E-state index in [0.717, 1.165) is 16.4 Å². The topological polar surface area (TPSA) is 79.7 Å². The van der Waals surface area contributed by atoms with Gasteiger partial charge >= 0.3 is 0 Å². The van der Waals surface area contributed by atoms with Crippen LogP contribution < -0.4 is 25.1 Å². The third kappa shape index (κ3) is 8.42. The highest BCUT2D eigenvalue weighted by molar-refractivity contribution is 7.95. The molecule has 3 aromatic rings. The second-order valence-electron chi connectivity index (χ2n) is 6.30. The zero-order valence-electron chi connectivity index (χ0n) is 17.8. The molecule has 0 saturated heterocycles. The maximum Gasteiger partial charge on any atom is 0.138 e. The van der Waals surface area contributed by atoms with Crippen molar-refractivity contribution in [2.24, 2.45) is 5.73 Å². The van der Waals surface area contributed by atoms with Gasteiger partial charge in [0.25, 0.3) is 0 Å². The summed E-state index contributed by atoms with van der Waals surface area (Å²) in [6.45, 7) is 2.34. The Morgan fingerprint density at radius 3 is 2.22 bits per heavy atom. The predicted octanol–water partition coefficient (Wildman–Crippen LogP) is 6.19. The minimum absolute atomic E-state index is 0.420. The molecule has 0 radical (unpaired) electrons. The molecule has 0 bridgehead atoms. The zero-order chi connectivity index (χ0) is 23.2. The molecule has 0 fully saturated rings. The third-order valence-electron chi connectivity index (χ3n) is 3.90. The summed E-state index contributed by atoms with van der Waals surface area (Å²) in [7, 11) is 0. The van der Waals surface area contributed by atoms with Gasteiger partial charge in [0.2, 0.25) is 0 Å². The van der Waals surface area contributed by atoms with E-state index in [4.69, 9.17) is 25.1 Å². The normalized spacial score (nSPS) is 10.8. The Bertz CT molecular complexity index is 1040. The lowest BCUT2D eigenvalue weighted by atomic mass is 10.3. The lowest BCUT2D eigenvalue weighted by molar-refractivity contribution is 0.362. The molecule has 4 N–H and O–H groups in total. The van der Waals surface area contributed by atoms with Gasteiger partial charge in [0.15, 0.2) is 0 Å². The number of allylic oxidation sites excluding steroid dienone is 2.